The first kappa shape index (κ1) is 13.4. The van der Waals surface area contributed by atoms with Gasteiger partial charge in [-0.1, -0.05) is 13.0 Å². The van der Waals surface area contributed by atoms with Crippen LogP contribution in [0.15, 0.2) is 29.4 Å². The van der Waals surface area contributed by atoms with E-state index < -0.39 is 0 Å². The molecule has 0 bridgehead atoms. The molecule has 0 unspecified atom stereocenters. The molecule has 0 aliphatic carbocycles. The maximum atomic E-state index is 5.50. The molecule has 0 saturated heterocycles. The summed E-state index contributed by atoms with van der Waals surface area (Å²) in [6.45, 7) is 6.49. The minimum Gasteiger partial charge on any atom is -0.336 e. The first-order chi connectivity index (χ1) is 8.31. The molecule has 0 amide bonds. The van der Waals surface area contributed by atoms with E-state index in [1.54, 1.807) is 6.20 Å². The van der Waals surface area contributed by atoms with Gasteiger partial charge in [-0.25, -0.2) is 5.84 Å². The van der Waals surface area contributed by atoms with Crippen molar-refractivity contribution in [1.82, 2.24) is 15.3 Å². The molecular weight excluding hydrogens is 214 g/mol. The third kappa shape index (κ3) is 4.40. The Kier molecular flexibility index (Phi) is 6.03. The van der Waals surface area contributed by atoms with Gasteiger partial charge >= 0.3 is 0 Å². The molecule has 1 aromatic rings. The summed E-state index contributed by atoms with van der Waals surface area (Å²) in [6, 6.07) is 5.89. The van der Waals surface area contributed by atoms with Gasteiger partial charge in [0.2, 0.25) is 5.96 Å². The average Bonchev–Trinajstić information content (AvgIpc) is 2.39. The van der Waals surface area contributed by atoms with Crippen LogP contribution < -0.4 is 11.3 Å². The number of hydrogen-bond donors (Lipinski definition) is 2. The zero-order chi connectivity index (χ0) is 12.5. The lowest BCUT2D eigenvalue weighted by Gasteiger charge is -2.23. The molecule has 0 radical (unpaired) electrons. The molecule has 94 valence electrons. The van der Waals surface area contributed by atoms with Crippen molar-refractivity contribution in [3.8, 4) is 0 Å². The minimum absolute atomic E-state index is 0.712. The van der Waals surface area contributed by atoms with Gasteiger partial charge in [-0.3, -0.25) is 15.4 Å². The van der Waals surface area contributed by atoms with E-state index in [9.17, 15) is 0 Å². The summed E-state index contributed by atoms with van der Waals surface area (Å²) in [5.74, 6) is 6.22. The lowest BCUT2D eigenvalue weighted by atomic mass is 10.3. The highest BCUT2D eigenvalue weighted by molar-refractivity contribution is 5.79. The summed E-state index contributed by atoms with van der Waals surface area (Å²) >= 11 is 0. The van der Waals surface area contributed by atoms with E-state index in [1.165, 1.54) is 0 Å². The van der Waals surface area contributed by atoms with Crippen LogP contribution >= 0.6 is 0 Å². The Morgan fingerprint density at radius 2 is 2.29 bits per heavy atom. The fourth-order valence-corrected chi connectivity index (χ4v) is 1.48. The maximum Gasteiger partial charge on any atom is 0.208 e. The smallest absolute Gasteiger partial charge is 0.208 e. The van der Waals surface area contributed by atoms with Crippen molar-refractivity contribution in [2.45, 2.75) is 26.8 Å². The zero-order valence-corrected chi connectivity index (χ0v) is 10.6. The number of pyridine rings is 1. The lowest BCUT2D eigenvalue weighted by molar-refractivity contribution is 0.411. The van der Waals surface area contributed by atoms with E-state index in [-0.39, 0.29) is 0 Å². The number of hydrazine groups is 1. The van der Waals surface area contributed by atoms with Crippen molar-refractivity contribution in [2.75, 3.05) is 13.1 Å². The van der Waals surface area contributed by atoms with Gasteiger partial charge in [-0.2, -0.15) is 0 Å². The van der Waals surface area contributed by atoms with Crippen LogP contribution in [-0.4, -0.2) is 28.9 Å². The lowest BCUT2D eigenvalue weighted by Crippen LogP contribution is -2.44. The molecule has 0 spiro atoms. The largest absolute Gasteiger partial charge is 0.336 e. The zero-order valence-electron chi connectivity index (χ0n) is 10.6. The summed E-state index contributed by atoms with van der Waals surface area (Å²) in [6.07, 6.45) is 2.80. The topological polar surface area (TPSA) is 66.5 Å². The maximum absolute atomic E-state index is 5.50. The minimum atomic E-state index is 0.712. The first-order valence-electron chi connectivity index (χ1n) is 5.97. The summed E-state index contributed by atoms with van der Waals surface area (Å²) in [4.78, 5) is 10.8. The van der Waals surface area contributed by atoms with Gasteiger partial charge < -0.3 is 4.90 Å². The quantitative estimate of drug-likeness (QED) is 0.347. The monoisotopic (exact) mass is 235 g/mol. The Bertz CT molecular complexity index is 336. The SMILES string of the molecule is CCCN=C(NN)N(CC)Cc1ccccn1. The highest BCUT2D eigenvalue weighted by atomic mass is 15.4. The van der Waals surface area contributed by atoms with Crippen LogP contribution in [0, 0.1) is 0 Å². The summed E-state index contributed by atoms with van der Waals surface area (Å²) < 4.78 is 0. The molecular formula is C12H21N5. The van der Waals surface area contributed by atoms with Crippen LogP contribution in [-0.2, 0) is 6.54 Å². The molecule has 5 nitrogen and oxygen atoms in total. The Labute approximate surface area is 103 Å². The molecule has 17 heavy (non-hydrogen) atoms. The van der Waals surface area contributed by atoms with Crippen molar-refractivity contribution in [3.63, 3.8) is 0 Å². The van der Waals surface area contributed by atoms with Crippen LogP contribution in [0.5, 0.6) is 0 Å². The van der Waals surface area contributed by atoms with Crippen LogP contribution in [0.4, 0.5) is 0 Å². The fraction of sp³-hybridized carbons (Fsp3) is 0.500. The predicted molar refractivity (Wildman–Crippen MR) is 70.2 cm³/mol. The molecule has 0 atom stereocenters. The Hall–Kier alpha value is -1.62. The number of aromatic nitrogens is 1. The fourth-order valence-electron chi connectivity index (χ4n) is 1.48. The number of nitrogens with zero attached hydrogens (tertiary/aromatic N) is 3. The Morgan fingerprint density at radius 3 is 2.82 bits per heavy atom. The van der Waals surface area contributed by atoms with Gasteiger partial charge in [0.15, 0.2) is 0 Å². The number of aliphatic imine (C=N–C) groups is 1. The average molecular weight is 235 g/mol. The van der Waals surface area contributed by atoms with Crippen LogP contribution in [0.3, 0.4) is 0 Å². The van der Waals surface area contributed by atoms with Crippen molar-refractivity contribution < 1.29 is 0 Å². The van der Waals surface area contributed by atoms with Crippen LogP contribution in [0.1, 0.15) is 26.0 Å². The van der Waals surface area contributed by atoms with Gasteiger partial charge in [0.1, 0.15) is 0 Å². The van der Waals surface area contributed by atoms with Gasteiger partial charge in [0, 0.05) is 19.3 Å². The number of hydrogen-bond acceptors (Lipinski definition) is 3. The normalized spacial score (nSPS) is 11.4. The van der Waals surface area contributed by atoms with Crippen molar-refractivity contribution in [2.24, 2.45) is 10.8 Å². The third-order valence-electron chi connectivity index (χ3n) is 2.37. The molecule has 3 N–H and O–H groups in total. The second-order valence-corrected chi connectivity index (χ2v) is 3.68. The number of rotatable bonds is 5. The standard InChI is InChI=1S/C12H21N5/c1-3-8-15-12(16-13)17(4-2)10-11-7-5-6-9-14-11/h5-7,9H,3-4,8,10,13H2,1-2H3,(H,15,16). The highest BCUT2D eigenvalue weighted by Crippen LogP contribution is 2.01. The van der Waals surface area contributed by atoms with E-state index in [1.807, 2.05) is 18.2 Å². The van der Waals surface area contributed by atoms with Gasteiger partial charge in [0.05, 0.1) is 12.2 Å². The second kappa shape index (κ2) is 7.62. The van der Waals surface area contributed by atoms with Crippen LogP contribution in [0.2, 0.25) is 0 Å². The third-order valence-corrected chi connectivity index (χ3v) is 2.37. The van der Waals surface area contributed by atoms with Crippen LogP contribution in [0.25, 0.3) is 0 Å². The second-order valence-electron chi connectivity index (χ2n) is 3.68. The molecule has 5 heteroatoms. The Morgan fingerprint density at radius 1 is 1.47 bits per heavy atom. The molecule has 1 rings (SSSR count). The molecule has 0 aliphatic rings. The van der Waals surface area contributed by atoms with E-state index in [2.05, 4.69) is 34.1 Å². The molecule has 1 aromatic heterocycles. The number of nitrogens with one attached hydrogen (secondary N) is 1. The highest BCUT2D eigenvalue weighted by Gasteiger charge is 2.08. The first-order valence-corrected chi connectivity index (χ1v) is 5.97. The number of guanidine groups is 1. The van der Waals surface area contributed by atoms with E-state index in [0.29, 0.717) is 6.54 Å². The summed E-state index contributed by atoms with van der Waals surface area (Å²) in [5.41, 5.74) is 3.66. The van der Waals surface area contributed by atoms with Gasteiger partial charge in [-0.15, -0.1) is 0 Å². The van der Waals surface area contributed by atoms with E-state index >= 15 is 0 Å². The summed E-state index contributed by atoms with van der Waals surface area (Å²) in [5, 5.41) is 0. The molecule has 0 saturated carbocycles. The Balaban J connectivity index is 2.70. The van der Waals surface area contributed by atoms with Crippen molar-refractivity contribution >= 4 is 5.96 Å². The van der Waals surface area contributed by atoms with E-state index in [4.69, 9.17) is 5.84 Å². The number of nitrogens with two attached hydrogens (primary N) is 1. The molecule has 0 aliphatic heterocycles. The van der Waals surface area contributed by atoms with Crippen molar-refractivity contribution in [3.05, 3.63) is 30.1 Å². The molecule has 0 aromatic carbocycles. The van der Waals surface area contributed by atoms with Gasteiger partial charge in [0.25, 0.3) is 0 Å². The van der Waals surface area contributed by atoms with E-state index in [0.717, 1.165) is 31.2 Å². The molecule has 1 heterocycles. The summed E-state index contributed by atoms with van der Waals surface area (Å²) in [7, 11) is 0. The molecule has 0 fully saturated rings. The van der Waals surface area contributed by atoms with Crippen molar-refractivity contribution in [1.29, 1.82) is 0 Å². The predicted octanol–water partition coefficient (Wildman–Crippen LogP) is 1.13. The van der Waals surface area contributed by atoms with Gasteiger partial charge in [-0.05, 0) is 25.5 Å².